The fourth-order valence-electron chi connectivity index (χ4n) is 1.39. The van der Waals surface area contributed by atoms with Crippen LogP contribution in [-0.4, -0.2) is 21.1 Å². The topological polar surface area (TPSA) is 119 Å². The van der Waals surface area contributed by atoms with Crippen molar-refractivity contribution < 1.29 is 14.8 Å². The Hall–Kier alpha value is -1.87. The van der Waals surface area contributed by atoms with E-state index in [1.54, 1.807) is 0 Å². The van der Waals surface area contributed by atoms with Crippen molar-refractivity contribution in [3.63, 3.8) is 0 Å². The van der Waals surface area contributed by atoms with Crippen LogP contribution in [0.3, 0.4) is 0 Å². The second-order valence-electron chi connectivity index (χ2n) is 3.49. The number of phenolic OH excluding ortho intramolecular Hbond substituents is 1. The van der Waals surface area contributed by atoms with Crippen LogP contribution in [0.25, 0.3) is 6.08 Å². The molecule has 0 unspecified atom stereocenters. The molecule has 1 amide bonds. The standard InChI is InChI=1S/C10H6BrN3O4S/c11-6-3-5(14(17)18)1-4(8(6)15)2-7-9(16)13-10(12)19-7/h1-3,15H,(H2,12,13,16). The van der Waals surface area contributed by atoms with Gasteiger partial charge in [-0.1, -0.05) is 0 Å². The third-order valence-corrected chi connectivity index (χ3v) is 3.63. The number of non-ortho nitro benzene ring substituents is 1. The van der Waals surface area contributed by atoms with Crippen LogP contribution < -0.4 is 5.73 Å². The molecule has 19 heavy (non-hydrogen) atoms. The molecular weight excluding hydrogens is 338 g/mol. The van der Waals surface area contributed by atoms with Gasteiger partial charge in [0.15, 0.2) is 5.17 Å². The van der Waals surface area contributed by atoms with Gasteiger partial charge in [0.25, 0.3) is 11.6 Å². The Balaban J connectivity index is 2.49. The molecule has 0 saturated heterocycles. The number of thioether (sulfide) groups is 1. The monoisotopic (exact) mass is 343 g/mol. The highest BCUT2D eigenvalue weighted by Gasteiger charge is 2.21. The van der Waals surface area contributed by atoms with Gasteiger partial charge in [0.1, 0.15) is 5.75 Å². The summed E-state index contributed by atoms with van der Waals surface area (Å²) in [6.45, 7) is 0. The zero-order valence-corrected chi connectivity index (χ0v) is 11.6. The largest absolute Gasteiger partial charge is 0.506 e. The molecule has 2 rings (SSSR count). The minimum Gasteiger partial charge on any atom is -0.506 e. The molecule has 1 aliphatic rings. The van der Waals surface area contributed by atoms with Crippen LogP contribution in [0.15, 0.2) is 26.5 Å². The molecule has 0 fully saturated rings. The number of halogens is 1. The van der Waals surface area contributed by atoms with E-state index < -0.39 is 10.8 Å². The van der Waals surface area contributed by atoms with Crippen molar-refractivity contribution in [2.75, 3.05) is 0 Å². The maximum absolute atomic E-state index is 11.4. The second kappa shape index (κ2) is 5.02. The highest BCUT2D eigenvalue weighted by atomic mass is 79.9. The van der Waals surface area contributed by atoms with E-state index in [-0.39, 0.29) is 31.5 Å². The van der Waals surface area contributed by atoms with Crippen molar-refractivity contribution in [1.29, 1.82) is 0 Å². The zero-order chi connectivity index (χ0) is 14.2. The fourth-order valence-corrected chi connectivity index (χ4v) is 2.52. The SMILES string of the molecule is NC1=NC(=O)C(=Cc2cc([N+](=O)[O-])cc(Br)c2O)S1. The lowest BCUT2D eigenvalue weighted by Crippen LogP contribution is -2.01. The molecule has 1 aliphatic heterocycles. The van der Waals surface area contributed by atoms with Crippen molar-refractivity contribution in [1.82, 2.24) is 0 Å². The quantitative estimate of drug-likeness (QED) is 0.481. The van der Waals surface area contributed by atoms with Crippen LogP contribution in [0.4, 0.5) is 5.69 Å². The number of benzene rings is 1. The maximum atomic E-state index is 11.4. The zero-order valence-electron chi connectivity index (χ0n) is 9.16. The maximum Gasteiger partial charge on any atom is 0.286 e. The first-order valence-corrected chi connectivity index (χ1v) is 6.44. The van der Waals surface area contributed by atoms with E-state index in [2.05, 4.69) is 20.9 Å². The molecule has 0 radical (unpaired) electrons. The Morgan fingerprint density at radius 1 is 1.53 bits per heavy atom. The van der Waals surface area contributed by atoms with Crippen molar-refractivity contribution in [3.05, 3.63) is 37.2 Å². The molecular formula is C10H6BrN3O4S. The Kier molecular flexibility index (Phi) is 3.58. The smallest absolute Gasteiger partial charge is 0.286 e. The lowest BCUT2D eigenvalue weighted by atomic mass is 10.1. The van der Waals surface area contributed by atoms with Crippen molar-refractivity contribution in [2.45, 2.75) is 0 Å². The second-order valence-corrected chi connectivity index (χ2v) is 5.40. The van der Waals surface area contributed by atoms with E-state index in [1.807, 2.05) is 0 Å². The molecule has 0 saturated carbocycles. The predicted molar refractivity (Wildman–Crippen MR) is 74.7 cm³/mol. The summed E-state index contributed by atoms with van der Waals surface area (Å²) < 4.78 is 0.165. The van der Waals surface area contributed by atoms with Gasteiger partial charge < -0.3 is 10.8 Å². The first-order valence-electron chi connectivity index (χ1n) is 4.83. The molecule has 0 aromatic heterocycles. The van der Waals surface area contributed by atoms with E-state index in [9.17, 15) is 20.0 Å². The molecule has 0 aliphatic carbocycles. The number of amidine groups is 1. The highest BCUT2D eigenvalue weighted by Crippen LogP contribution is 2.36. The van der Waals surface area contributed by atoms with Gasteiger partial charge in [0.05, 0.1) is 14.3 Å². The van der Waals surface area contributed by atoms with E-state index in [0.717, 1.165) is 17.8 Å². The predicted octanol–water partition coefficient (Wildman–Crippen LogP) is 1.99. The molecule has 1 heterocycles. The summed E-state index contributed by atoms with van der Waals surface area (Å²) in [7, 11) is 0. The molecule has 0 spiro atoms. The van der Waals surface area contributed by atoms with E-state index >= 15 is 0 Å². The normalized spacial score (nSPS) is 16.8. The number of hydrogen-bond acceptors (Lipinski definition) is 6. The summed E-state index contributed by atoms with van der Waals surface area (Å²) >= 11 is 3.95. The van der Waals surface area contributed by atoms with E-state index in [4.69, 9.17) is 5.73 Å². The summed E-state index contributed by atoms with van der Waals surface area (Å²) in [5.74, 6) is -0.735. The number of amides is 1. The molecule has 3 N–H and O–H groups in total. The molecule has 7 nitrogen and oxygen atoms in total. The van der Waals surface area contributed by atoms with Crippen LogP contribution in [-0.2, 0) is 4.79 Å². The van der Waals surface area contributed by atoms with Gasteiger partial charge in [-0.15, -0.1) is 0 Å². The van der Waals surface area contributed by atoms with Gasteiger partial charge >= 0.3 is 0 Å². The summed E-state index contributed by atoms with van der Waals surface area (Å²) in [6, 6.07) is 2.33. The number of aliphatic imine (C=N–C) groups is 1. The number of nitro groups is 1. The lowest BCUT2D eigenvalue weighted by Gasteiger charge is -2.03. The molecule has 0 atom stereocenters. The Labute approximate surface area is 119 Å². The molecule has 1 aromatic rings. The highest BCUT2D eigenvalue weighted by molar-refractivity contribution is 9.10. The van der Waals surface area contributed by atoms with Gasteiger partial charge in [-0.05, 0) is 33.8 Å². The minimum atomic E-state index is -0.597. The average molecular weight is 344 g/mol. The Morgan fingerprint density at radius 3 is 2.74 bits per heavy atom. The van der Waals surface area contributed by atoms with E-state index in [1.165, 1.54) is 12.1 Å². The number of nitrogens with two attached hydrogens (primary N) is 1. The molecule has 1 aromatic carbocycles. The van der Waals surface area contributed by atoms with Gasteiger partial charge in [0, 0.05) is 17.7 Å². The third-order valence-electron chi connectivity index (χ3n) is 2.21. The van der Waals surface area contributed by atoms with Crippen LogP contribution in [0.2, 0.25) is 0 Å². The molecule has 9 heteroatoms. The van der Waals surface area contributed by atoms with Crippen molar-refractivity contribution in [3.8, 4) is 5.75 Å². The number of phenols is 1. The van der Waals surface area contributed by atoms with Crippen molar-refractivity contribution in [2.24, 2.45) is 10.7 Å². The molecule has 98 valence electrons. The summed E-state index contributed by atoms with van der Waals surface area (Å²) in [6.07, 6.45) is 1.31. The number of hydrogen-bond donors (Lipinski definition) is 2. The third kappa shape index (κ3) is 2.76. The van der Waals surface area contributed by atoms with E-state index in [0.29, 0.717) is 0 Å². The van der Waals surface area contributed by atoms with Crippen LogP contribution in [0, 0.1) is 10.1 Å². The first kappa shape index (κ1) is 13.6. The first-order chi connectivity index (χ1) is 8.88. The van der Waals surface area contributed by atoms with Crippen LogP contribution >= 0.6 is 27.7 Å². The molecule has 0 bridgehead atoms. The number of nitro benzene ring substituents is 1. The van der Waals surface area contributed by atoms with Crippen molar-refractivity contribution >= 4 is 50.5 Å². The Bertz CT molecular complexity index is 656. The fraction of sp³-hybridized carbons (Fsp3) is 0. The number of aromatic hydroxyl groups is 1. The number of carbonyl (C=O) groups is 1. The van der Waals surface area contributed by atoms with Gasteiger partial charge in [-0.25, -0.2) is 0 Å². The average Bonchev–Trinajstić information content (AvgIpc) is 2.63. The van der Waals surface area contributed by atoms with Crippen LogP contribution in [0.1, 0.15) is 5.56 Å². The van der Waals surface area contributed by atoms with Gasteiger partial charge in [-0.3, -0.25) is 14.9 Å². The van der Waals surface area contributed by atoms with Crippen LogP contribution in [0.5, 0.6) is 5.75 Å². The summed E-state index contributed by atoms with van der Waals surface area (Å²) in [5, 5.41) is 20.6. The Morgan fingerprint density at radius 2 is 2.21 bits per heavy atom. The lowest BCUT2D eigenvalue weighted by molar-refractivity contribution is -0.385. The van der Waals surface area contributed by atoms with Gasteiger partial charge in [-0.2, -0.15) is 4.99 Å². The number of nitrogens with zero attached hydrogens (tertiary/aromatic N) is 2. The number of rotatable bonds is 2. The summed E-state index contributed by atoms with van der Waals surface area (Å²) in [4.78, 5) is 25.3. The number of carbonyl (C=O) groups excluding carboxylic acids is 1. The van der Waals surface area contributed by atoms with Gasteiger partial charge in [0.2, 0.25) is 0 Å². The summed E-state index contributed by atoms with van der Waals surface area (Å²) in [5.41, 5.74) is 5.32. The minimum absolute atomic E-state index is 0.0974.